The van der Waals surface area contributed by atoms with E-state index in [0.29, 0.717) is 0 Å². The third kappa shape index (κ3) is 1.95. The summed E-state index contributed by atoms with van der Waals surface area (Å²) in [6.07, 6.45) is 9.35. The van der Waals surface area contributed by atoms with Gasteiger partial charge in [0.1, 0.15) is 0 Å². The summed E-state index contributed by atoms with van der Waals surface area (Å²) in [5.74, 6) is 0. The molecule has 0 aromatic heterocycles. The van der Waals surface area contributed by atoms with Crippen LogP contribution in [0, 0.1) is 0 Å². The van der Waals surface area contributed by atoms with Gasteiger partial charge in [0.2, 0.25) is 0 Å². The average Bonchev–Trinajstić information content (AvgIpc) is 2.30. The van der Waals surface area contributed by atoms with Gasteiger partial charge in [0, 0.05) is 0 Å². The number of benzene rings is 1. The fourth-order valence-electron chi connectivity index (χ4n) is 1.94. The Hall–Kier alpha value is -1.30. The van der Waals surface area contributed by atoms with Crippen LogP contribution in [0.15, 0.2) is 43.0 Å². The van der Waals surface area contributed by atoms with Gasteiger partial charge in [0.15, 0.2) is 0 Å². The minimum atomic E-state index is 1.16. The van der Waals surface area contributed by atoms with Crippen LogP contribution in [0.2, 0.25) is 0 Å². The summed E-state index contributed by atoms with van der Waals surface area (Å²) in [5, 5.41) is 0. The Labute approximate surface area is 86.0 Å². The first-order chi connectivity index (χ1) is 6.88. The van der Waals surface area contributed by atoms with Crippen molar-refractivity contribution in [2.45, 2.75) is 25.7 Å². The van der Waals surface area contributed by atoms with Crippen molar-refractivity contribution in [3.8, 4) is 0 Å². The van der Waals surface area contributed by atoms with Gasteiger partial charge in [-0.1, -0.05) is 43.0 Å². The van der Waals surface area contributed by atoms with E-state index in [0.717, 1.165) is 5.57 Å². The molecule has 0 heterocycles. The molecule has 1 aromatic carbocycles. The van der Waals surface area contributed by atoms with Gasteiger partial charge in [-0.15, -0.1) is 0 Å². The monoisotopic (exact) mass is 184 g/mol. The number of aryl methyl sites for hydroxylation is 1. The quantitative estimate of drug-likeness (QED) is 0.572. The molecular weight excluding hydrogens is 168 g/mol. The molecule has 14 heavy (non-hydrogen) atoms. The molecular formula is C14H16. The molecule has 0 unspecified atom stereocenters. The normalized spacial score (nSPS) is 19.0. The number of rotatable bonds is 0. The number of fused-ring (bicyclic) bond motifs is 1. The van der Waals surface area contributed by atoms with Crippen molar-refractivity contribution in [1.82, 2.24) is 0 Å². The lowest BCUT2D eigenvalue weighted by atomic mass is 9.98. The largest absolute Gasteiger partial charge is 0.0912 e. The van der Waals surface area contributed by atoms with Gasteiger partial charge in [-0.2, -0.15) is 0 Å². The van der Waals surface area contributed by atoms with E-state index >= 15 is 0 Å². The standard InChI is InChI=1S/C14H16/c1-12-8-4-2-3-5-9-13-10-6-7-11-14(12)13/h4,6-8,10-11H,1-3,5,9H2/b8-4-. The highest BCUT2D eigenvalue weighted by Crippen LogP contribution is 2.22. The Kier molecular flexibility index (Phi) is 2.83. The highest BCUT2D eigenvalue weighted by Gasteiger charge is 2.04. The molecule has 0 amide bonds. The molecule has 0 bridgehead atoms. The van der Waals surface area contributed by atoms with Gasteiger partial charge in [-0.25, -0.2) is 0 Å². The smallest absolute Gasteiger partial charge is 0.0158 e. The molecule has 0 spiro atoms. The van der Waals surface area contributed by atoms with Crippen LogP contribution in [0.3, 0.4) is 0 Å². The summed E-state index contributed by atoms with van der Waals surface area (Å²) in [6.45, 7) is 4.11. The van der Waals surface area contributed by atoms with E-state index in [4.69, 9.17) is 0 Å². The van der Waals surface area contributed by atoms with Crippen molar-refractivity contribution in [3.63, 3.8) is 0 Å². The van der Waals surface area contributed by atoms with Crippen LogP contribution in [0.25, 0.3) is 5.57 Å². The third-order valence-electron chi connectivity index (χ3n) is 2.75. The van der Waals surface area contributed by atoms with Crippen LogP contribution in [0.1, 0.15) is 30.4 Å². The SMILES string of the molecule is C=C1/C=C\CCCCc2ccccc21. The van der Waals surface area contributed by atoms with Crippen LogP contribution in [-0.4, -0.2) is 0 Å². The highest BCUT2D eigenvalue weighted by atomic mass is 14.1. The predicted octanol–water partition coefficient (Wildman–Crippen LogP) is 3.98. The zero-order valence-corrected chi connectivity index (χ0v) is 8.50. The van der Waals surface area contributed by atoms with Gasteiger partial charge < -0.3 is 0 Å². The minimum absolute atomic E-state index is 1.16. The third-order valence-corrected chi connectivity index (χ3v) is 2.75. The fraction of sp³-hybridized carbons (Fsp3) is 0.286. The zero-order valence-electron chi connectivity index (χ0n) is 8.50. The molecule has 0 radical (unpaired) electrons. The van der Waals surface area contributed by atoms with Gasteiger partial charge in [0.25, 0.3) is 0 Å². The lowest BCUT2D eigenvalue weighted by Crippen LogP contribution is -1.90. The lowest BCUT2D eigenvalue weighted by molar-refractivity contribution is 0.749. The number of hydrogen-bond donors (Lipinski definition) is 0. The Balaban J connectivity index is 2.39. The van der Waals surface area contributed by atoms with Crippen molar-refractivity contribution in [2.75, 3.05) is 0 Å². The van der Waals surface area contributed by atoms with E-state index in [2.05, 4.69) is 43.0 Å². The molecule has 0 fully saturated rings. The van der Waals surface area contributed by atoms with E-state index in [1.54, 1.807) is 0 Å². The van der Waals surface area contributed by atoms with Crippen molar-refractivity contribution >= 4 is 5.57 Å². The molecule has 0 heteroatoms. The second-order valence-electron chi connectivity index (χ2n) is 3.83. The molecule has 0 N–H and O–H groups in total. The van der Waals surface area contributed by atoms with Gasteiger partial charge >= 0.3 is 0 Å². The molecule has 0 atom stereocenters. The summed E-state index contributed by atoms with van der Waals surface area (Å²) < 4.78 is 0. The summed E-state index contributed by atoms with van der Waals surface area (Å²) in [5.41, 5.74) is 3.93. The van der Waals surface area contributed by atoms with Crippen LogP contribution in [0.5, 0.6) is 0 Å². The van der Waals surface area contributed by atoms with E-state index in [-0.39, 0.29) is 0 Å². The zero-order chi connectivity index (χ0) is 9.80. The first-order valence-corrected chi connectivity index (χ1v) is 5.31. The maximum absolute atomic E-state index is 4.11. The molecule has 1 aliphatic rings. The van der Waals surface area contributed by atoms with Crippen molar-refractivity contribution in [3.05, 3.63) is 54.1 Å². The molecule has 0 aliphatic heterocycles. The second-order valence-corrected chi connectivity index (χ2v) is 3.83. The van der Waals surface area contributed by atoms with Crippen LogP contribution >= 0.6 is 0 Å². The summed E-state index contributed by atoms with van der Waals surface area (Å²) in [4.78, 5) is 0. The van der Waals surface area contributed by atoms with Crippen LogP contribution in [-0.2, 0) is 6.42 Å². The highest BCUT2D eigenvalue weighted by molar-refractivity contribution is 5.74. The Morgan fingerprint density at radius 2 is 1.93 bits per heavy atom. The lowest BCUT2D eigenvalue weighted by Gasteiger charge is -2.07. The Morgan fingerprint density at radius 3 is 2.86 bits per heavy atom. The van der Waals surface area contributed by atoms with Crippen LogP contribution in [0.4, 0.5) is 0 Å². The fourth-order valence-corrected chi connectivity index (χ4v) is 1.94. The summed E-state index contributed by atoms with van der Waals surface area (Å²) in [6, 6.07) is 8.61. The van der Waals surface area contributed by atoms with Gasteiger partial charge in [0.05, 0.1) is 0 Å². The molecule has 0 nitrogen and oxygen atoms in total. The molecule has 0 saturated heterocycles. The van der Waals surface area contributed by atoms with Crippen molar-refractivity contribution in [1.29, 1.82) is 0 Å². The first-order valence-electron chi connectivity index (χ1n) is 5.31. The van der Waals surface area contributed by atoms with Crippen LogP contribution < -0.4 is 0 Å². The summed E-state index contributed by atoms with van der Waals surface area (Å²) in [7, 11) is 0. The Bertz CT molecular complexity index is 358. The number of hydrogen-bond acceptors (Lipinski definition) is 0. The van der Waals surface area contributed by atoms with Crippen molar-refractivity contribution in [2.24, 2.45) is 0 Å². The minimum Gasteiger partial charge on any atom is -0.0912 e. The maximum Gasteiger partial charge on any atom is -0.0158 e. The molecule has 2 rings (SSSR count). The van der Waals surface area contributed by atoms with E-state index in [1.807, 2.05) is 0 Å². The topological polar surface area (TPSA) is 0 Å². The van der Waals surface area contributed by atoms with Gasteiger partial charge in [-0.3, -0.25) is 0 Å². The second kappa shape index (κ2) is 4.28. The van der Waals surface area contributed by atoms with E-state index in [1.165, 1.54) is 36.8 Å². The first kappa shape index (κ1) is 9.26. The van der Waals surface area contributed by atoms with E-state index < -0.39 is 0 Å². The summed E-state index contributed by atoms with van der Waals surface area (Å²) >= 11 is 0. The molecule has 1 aliphatic carbocycles. The predicted molar refractivity (Wildman–Crippen MR) is 62.2 cm³/mol. The van der Waals surface area contributed by atoms with E-state index in [9.17, 15) is 0 Å². The maximum atomic E-state index is 4.11. The van der Waals surface area contributed by atoms with Gasteiger partial charge in [-0.05, 0) is 42.4 Å². The number of allylic oxidation sites excluding steroid dienone is 3. The van der Waals surface area contributed by atoms with Crippen molar-refractivity contribution < 1.29 is 0 Å². The Morgan fingerprint density at radius 1 is 1.07 bits per heavy atom. The molecule has 0 saturated carbocycles. The molecule has 1 aromatic rings. The molecule has 72 valence electrons. The average molecular weight is 184 g/mol.